The maximum Gasteiger partial charge on any atom is 0.263 e. The van der Waals surface area contributed by atoms with Crippen molar-refractivity contribution in [2.24, 2.45) is 0 Å². The molecular formula is C15H14F2S. The summed E-state index contributed by atoms with van der Waals surface area (Å²) in [7, 11) is 0. The number of allylic oxidation sites excluding steroid dienone is 1. The predicted molar refractivity (Wildman–Crippen MR) is 74.2 cm³/mol. The van der Waals surface area contributed by atoms with E-state index < -0.39 is 6.43 Å². The highest BCUT2D eigenvalue weighted by Crippen LogP contribution is 2.36. The molecular weight excluding hydrogens is 250 g/mol. The average Bonchev–Trinajstić information content (AvgIpc) is 2.82. The van der Waals surface area contributed by atoms with Crippen molar-refractivity contribution in [1.29, 1.82) is 0 Å². The van der Waals surface area contributed by atoms with E-state index in [9.17, 15) is 8.78 Å². The van der Waals surface area contributed by atoms with Crippen LogP contribution in [0.1, 0.15) is 17.4 Å². The zero-order chi connectivity index (χ0) is 13.1. The zero-order valence-electron chi connectivity index (χ0n) is 10.1. The molecule has 18 heavy (non-hydrogen) atoms. The maximum atomic E-state index is 12.7. The van der Waals surface area contributed by atoms with Crippen LogP contribution in [0.3, 0.4) is 0 Å². The van der Waals surface area contributed by atoms with Crippen molar-refractivity contribution in [3.8, 4) is 10.4 Å². The van der Waals surface area contributed by atoms with Crippen molar-refractivity contribution in [1.82, 2.24) is 0 Å². The molecule has 2 rings (SSSR count). The van der Waals surface area contributed by atoms with Gasteiger partial charge in [0.2, 0.25) is 0 Å². The first-order valence-corrected chi connectivity index (χ1v) is 6.60. The van der Waals surface area contributed by atoms with Gasteiger partial charge < -0.3 is 0 Å². The Bertz CT molecular complexity index is 541. The molecule has 1 heterocycles. The lowest BCUT2D eigenvalue weighted by molar-refractivity contribution is 0.215. The molecule has 0 aliphatic rings. The van der Waals surface area contributed by atoms with Crippen LogP contribution in [-0.4, -0.2) is 6.43 Å². The number of aryl methyl sites for hydroxylation is 1. The molecule has 1 aromatic carbocycles. The molecule has 0 saturated carbocycles. The normalized spacial score (nSPS) is 10.9. The van der Waals surface area contributed by atoms with E-state index in [0.717, 1.165) is 21.7 Å². The summed E-state index contributed by atoms with van der Waals surface area (Å²) < 4.78 is 25.5. The Morgan fingerprint density at radius 2 is 1.94 bits per heavy atom. The largest absolute Gasteiger partial charge is 0.263 e. The zero-order valence-corrected chi connectivity index (χ0v) is 10.9. The summed E-state index contributed by atoms with van der Waals surface area (Å²) in [5, 5.41) is 0. The number of hydrogen-bond acceptors (Lipinski definition) is 1. The monoisotopic (exact) mass is 264 g/mol. The van der Waals surface area contributed by atoms with Crippen molar-refractivity contribution in [2.45, 2.75) is 19.8 Å². The van der Waals surface area contributed by atoms with E-state index in [0.29, 0.717) is 5.56 Å². The highest BCUT2D eigenvalue weighted by Gasteiger charge is 2.17. The van der Waals surface area contributed by atoms with Gasteiger partial charge in [-0.25, -0.2) is 8.78 Å². The van der Waals surface area contributed by atoms with Gasteiger partial charge in [-0.05, 0) is 23.6 Å². The predicted octanol–water partition coefficient (Wildman–Crippen LogP) is 5.26. The molecule has 0 amide bonds. The summed E-state index contributed by atoms with van der Waals surface area (Å²) in [6.07, 6.45) is -1.74. The fourth-order valence-electron chi connectivity index (χ4n) is 1.83. The van der Waals surface area contributed by atoms with Crippen LogP contribution in [0.25, 0.3) is 16.0 Å². The Labute approximate surface area is 110 Å². The van der Waals surface area contributed by atoms with Crippen LogP contribution in [0.4, 0.5) is 8.78 Å². The van der Waals surface area contributed by atoms with Crippen LogP contribution >= 0.6 is 11.3 Å². The first kappa shape index (κ1) is 13.0. The van der Waals surface area contributed by atoms with E-state index in [2.05, 4.69) is 6.58 Å². The highest BCUT2D eigenvalue weighted by molar-refractivity contribution is 7.15. The quantitative estimate of drug-likeness (QED) is 0.707. The van der Waals surface area contributed by atoms with Crippen LogP contribution in [-0.2, 0) is 6.42 Å². The van der Waals surface area contributed by atoms with Crippen LogP contribution in [0.15, 0.2) is 43.0 Å². The van der Waals surface area contributed by atoms with Gasteiger partial charge in [0.25, 0.3) is 6.43 Å². The molecule has 0 saturated heterocycles. The molecule has 1 aromatic heterocycles. The van der Waals surface area contributed by atoms with Gasteiger partial charge in [0, 0.05) is 15.3 Å². The lowest BCUT2D eigenvalue weighted by Gasteiger charge is -2.03. The molecule has 0 aliphatic heterocycles. The summed E-state index contributed by atoms with van der Waals surface area (Å²) in [6, 6.07) is 11.6. The Morgan fingerprint density at radius 1 is 1.28 bits per heavy atom. The summed E-state index contributed by atoms with van der Waals surface area (Å²) >= 11 is 1.56. The van der Waals surface area contributed by atoms with Gasteiger partial charge in [-0.3, -0.25) is 0 Å². The van der Waals surface area contributed by atoms with Gasteiger partial charge >= 0.3 is 0 Å². The SMILES string of the molecule is C=C(c1cc(-c2ccccc2)sc1CC)C(F)F. The standard InChI is InChI=1S/C15H14F2S/c1-3-13-12(10(2)15(16)17)9-14(18-13)11-7-5-4-6-8-11/h4-9,15H,2-3H2,1H3. The lowest BCUT2D eigenvalue weighted by Crippen LogP contribution is -1.95. The van der Waals surface area contributed by atoms with E-state index in [1.54, 1.807) is 11.3 Å². The summed E-state index contributed by atoms with van der Waals surface area (Å²) in [6.45, 7) is 5.47. The fourth-order valence-corrected chi connectivity index (χ4v) is 2.97. The van der Waals surface area contributed by atoms with Crippen molar-refractivity contribution in [2.75, 3.05) is 0 Å². The van der Waals surface area contributed by atoms with Crippen molar-refractivity contribution >= 4 is 16.9 Å². The van der Waals surface area contributed by atoms with E-state index in [4.69, 9.17) is 0 Å². The molecule has 0 unspecified atom stereocenters. The molecule has 3 heteroatoms. The summed E-state index contributed by atoms with van der Waals surface area (Å²) in [4.78, 5) is 1.99. The lowest BCUT2D eigenvalue weighted by atomic mass is 10.1. The van der Waals surface area contributed by atoms with Crippen LogP contribution in [0.5, 0.6) is 0 Å². The van der Waals surface area contributed by atoms with E-state index in [-0.39, 0.29) is 5.57 Å². The van der Waals surface area contributed by atoms with Crippen molar-refractivity contribution < 1.29 is 8.78 Å². The third-order valence-corrected chi connectivity index (χ3v) is 4.13. The molecule has 0 N–H and O–H groups in total. The molecule has 2 aromatic rings. The van der Waals surface area contributed by atoms with E-state index in [1.807, 2.05) is 43.3 Å². The Balaban J connectivity index is 2.45. The summed E-state index contributed by atoms with van der Waals surface area (Å²) in [5.74, 6) is 0. The van der Waals surface area contributed by atoms with Crippen LogP contribution < -0.4 is 0 Å². The number of thiophene rings is 1. The second-order valence-corrected chi connectivity index (χ2v) is 5.13. The highest BCUT2D eigenvalue weighted by atomic mass is 32.1. The summed E-state index contributed by atoms with van der Waals surface area (Å²) in [5.41, 5.74) is 1.59. The number of alkyl halides is 2. The first-order chi connectivity index (χ1) is 8.63. The van der Waals surface area contributed by atoms with Crippen LogP contribution in [0.2, 0.25) is 0 Å². The minimum atomic E-state index is -2.49. The Kier molecular flexibility index (Phi) is 3.92. The van der Waals surface area contributed by atoms with Crippen LogP contribution in [0, 0.1) is 0 Å². The maximum absolute atomic E-state index is 12.7. The van der Waals surface area contributed by atoms with E-state index in [1.165, 1.54) is 0 Å². The van der Waals surface area contributed by atoms with Gasteiger partial charge in [-0.1, -0.05) is 43.8 Å². The Hall–Kier alpha value is -1.48. The van der Waals surface area contributed by atoms with Crippen molar-refractivity contribution in [3.63, 3.8) is 0 Å². The van der Waals surface area contributed by atoms with Gasteiger partial charge in [0.15, 0.2) is 0 Å². The molecule has 0 aliphatic carbocycles. The molecule has 0 atom stereocenters. The van der Waals surface area contributed by atoms with Gasteiger partial charge in [0.05, 0.1) is 0 Å². The number of rotatable bonds is 4. The topological polar surface area (TPSA) is 0 Å². The third kappa shape index (κ3) is 2.51. The van der Waals surface area contributed by atoms with E-state index >= 15 is 0 Å². The molecule has 0 radical (unpaired) electrons. The third-order valence-electron chi connectivity index (χ3n) is 2.80. The smallest absolute Gasteiger partial charge is 0.205 e. The van der Waals surface area contributed by atoms with Gasteiger partial charge in [-0.2, -0.15) is 0 Å². The molecule has 0 fully saturated rings. The number of hydrogen-bond donors (Lipinski definition) is 0. The molecule has 0 spiro atoms. The minimum absolute atomic E-state index is 0.0784. The average molecular weight is 264 g/mol. The molecule has 0 nitrogen and oxygen atoms in total. The number of halogens is 2. The van der Waals surface area contributed by atoms with Gasteiger partial charge in [-0.15, -0.1) is 11.3 Å². The van der Waals surface area contributed by atoms with Crippen molar-refractivity contribution in [3.05, 3.63) is 53.4 Å². The fraction of sp³-hybridized carbons (Fsp3) is 0.200. The Morgan fingerprint density at radius 3 is 2.50 bits per heavy atom. The molecule has 0 bridgehead atoms. The van der Waals surface area contributed by atoms with Gasteiger partial charge in [0.1, 0.15) is 0 Å². The molecule has 94 valence electrons. The minimum Gasteiger partial charge on any atom is -0.205 e. The number of benzene rings is 1. The first-order valence-electron chi connectivity index (χ1n) is 5.79. The second kappa shape index (κ2) is 5.44. The second-order valence-electron chi connectivity index (χ2n) is 3.99.